The summed E-state index contributed by atoms with van der Waals surface area (Å²) in [5, 5.41) is 8.50. The fraction of sp³-hybridized carbons (Fsp3) is 0.778. The van der Waals surface area contributed by atoms with Crippen LogP contribution < -0.4 is 5.73 Å². The number of halogens is 1. The van der Waals surface area contributed by atoms with E-state index in [1.165, 1.54) is 0 Å². The molecular formula is C9H17ClN2O3. The van der Waals surface area contributed by atoms with Crippen molar-refractivity contribution in [2.24, 2.45) is 5.73 Å². The van der Waals surface area contributed by atoms with Crippen LogP contribution in [0.1, 0.15) is 25.7 Å². The van der Waals surface area contributed by atoms with E-state index in [4.69, 9.17) is 10.8 Å². The summed E-state index contributed by atoms with van der Waals surface area (Å²) in [5.41, 5.74) is 5.64. The van der Waals surface area contributed by atoms with E-state index in [0.29, 0.717) is 13.0 Å². The van der Waals surface area contributed by atoms with Gasteiger partial charge < -0.3 is 15.7 Å². The second-order valence-electron chi connectivity index (χ2n) is 3.57. The molecule has 6 heteroatoms. The molecule has 1 atom stereocenters. The Labute approximate surface area is 95.0 Å². The SMILES string of the molecule is Cl.N[C@H]1CCCCN(CCC(=O)O)C1=O. The Bertz CT molecular complexity index is 235. The predicted octanol–water partition coefficient (Wildman–Crippen LogP) is 0.223. The quantitative estimate of drug-likeness (QED) is 0.735. The van der Waals surface area contributed by atoms with Crippen LogP contribution in [-0.2, 0) is 9.59 Å². The number of carbonyl (C=O) groups is 2. The number of nitrogens with two attached hydrogens (primary N) is 1. The van der Waals surface area contributed by atoms with E-state index in [2.05, 4.69) is 0 Å². The number of aliphatic carboxylic acids is 1. The molecule has 1 aliphatic rings. The van der Waals surface area contributed by atoms with Gasteiger partial charge in [0.15, 0.2) is 0 Å². The lowest BCUT2D eigenvalue weighted by atomic mass is 10.1. The molecule has 1 saturated heterocycles. The summed E-state index contributed by atoms with van der Waals surface area (Å²) in [6.45, 7) is 0.918. The maximum Gasteiger partial charge on any atom is 0.305 e. The minimum atomic E-state index is -0.879. The third kappa shape index (κ3) is 4.48. The van der Waals surface area contributed by atoms with E-state index in [9.17, 15) is 9.59 Å². The van der Waals surface area contributed by atoms with Crippen molar-refractivity contribution in [2.75, 3.05) is 13.1 Å². The van der Waals surface area contributed by atoms with Crippen LogP contribution in [0.15, 0.2) is 0 Å². The van der Waals surface area contributed by atoms with Crippen LogP contribution in [0.3, 0.4) is 0 Å². The Balaban J connectivity index is 0.00000196. The zero-order valence-corrected chi connectivity index (χ0v) is 9.33. The largest absolute Gasteiger partial charge is 0.481 e. The van der Waals surface area contributed by atoms with Gasteiger partial charge >= 0.3 is 5.97 Å². The minimum Gasteiger partial charge on any atom is -0.481 e. The smallest absolute Gasteiger partial charge is 0.305 e. The van der Waals surface area contributed by atoms with Gasteiger partial charge in [0.25, 0.3) is 0 Å². The molecule has 1 amide bonds. The van der Waals surface area contributed by atoms with Crippen LogP contribution in [0.5, 0.6) is 0 Å². The van der Waals surface area contributed by atoms with Crippen LogP contribution in [-0.4, -0.2) is 41.0 Å². The second kappa shape index (κ2) is 6.63. The van der Waals surface area contributed by atoms with Crippen molar-refractivity contribution in [1.82, 2.24) is 4.90 Å². The zero-order chi connectivity index (χ0) is 10.6. The highest BCUT2D eigenvalue weighted by atomic mass is 35.5. The van der Waals surface area contributed by atoms with Crippen LogP contribution >= 0.6 is 12.4 Å². The molecule has 0 aromatic rings. The Morgan fingerprint density at radius 1 is 1.53 bits per heavy atom. The fourth-order valence-corrected chi connectivity index (χ4v) is 1.59. The summed E-state index contributed by atoms with van der Waals surface area (Å²) >= 11 is 0. The molecule has 88 valence electrons. The molecule has 0 aromatic heterocycles. The minimum absolute atomic E-state index is 0. The van der Waals surface area contributed by atoms with Gasteiger partial charge in [-0.2, -0.15) is 0 Å². The number of carboxylic acid groups (broad SMARTS) is 1. The highest BCUT2D eigenvalue weighted by Crippen LogP contribution is 2.10. The molecule has 0 radical (unpaired) electrons. The highest BCUT2D eigenvalue weighted by Gasteiger charge is 2.23. The molecule has 0 unspecified atom stereocenters. The van der Waals surface area contributed by atoms with Crippen LogP contribution in [0.25, 0.3) is 0 Å². The first-order chi connectivity index (χ1) is 6.61. The highest BCUT2D eigenvalue weighted by molar-refractivity contribution is 5.85. The number of carboxylic acids is 1. The summed E-state index contributed by atoms with van der Waals surface area (Å²) in [7, 11) is 0. The van der Waals surface area contributed by atoms with Crippen molar-refractivity contribution in [3.63, 3.8) is 0 Å². The summed E-state index contributed by atoms with van der Waals surface area (Å²) < 4.78 is 0. The first kappa shape index (κ1) is 14.2. The molecule has 5 nitrogen and oxygen atoms in total. The number of amides is 1. The normalized spacial score (nSPS) is 21.8. The fourth-order valence-electron chi connectivity index (χ4n) is 1.59. The van der Waals surface area contributed by atoms with Crippen molar-refractivity contribution in [3.05, 3.63) is 0 Å². The second-order valence-corrected chi connectivity index (χ2v) is 3.57. The lowest BCUT2D eigenvalue weighted by Gasteiger charge is -2.21. The predicted molar refractivity (Wildman–Crippen MR) is 57.9 cm³/mol. The van der Waals surface area contributed by atoms with E-state index in [0.717, 1.165) is 12.8 Å². The summed E-state index contributed by atoms with van der Waals surface area (Å²) in [4.78, 5) is 23.5. The van der Waals surface area contributed by atoms with Gasteiger partial charge in [-0.15, -0.1) is 12.4 Å². The maximum atomic E-state index is 11.6. The summed E-state index contributed by atoms with van der Waals surface area (Å²) in [5.74, 6) is -0.987. The molecule has 0 spiro atoms. The van der Waals surface area contributed by atoms with E-state index in [1.807, 2.05) is 0 Å². The van der Waals surface area contributed by atoms with Crippen LogP contribution in [0, 0.1) is 0 Å². The Morgan fingerprint density at radius 3 is 2.80 bits per heavy atom. The van der Waals surface area contributed by atoms with Crippen LogP contribution in [0.4, 0.5) is 0 Å². The third-order valence-corrected chi connectivity index (χ3v) is 2.42. The molecule has 0 aromatic carbocycles. The average molecular weight is 237 g/mol. The van der Waals surface area contributed by atoms with Gasteiger partial charge in [-0.25, -0.2) is 0 Å². The number of carbonyl (C=O) groups excluding carboxylic acids is 1. The Kier molecular flexibility index (Phi) is 6.27. The molecule has 15 heavy (non-hydrogen) atoms. The number of hydrogen-bond acceptors (Lipinski definition) is 3. The lowest BCUT2D eigenvalue weighted by Crippen LogP contribution is -2.43. The van der Waals surface area contributed by atoms with Gasteiger partial charge in [0.05, 0.1) is 12.5 Å². The molecule has 1 fully saturated rings. The monoisotopic (exact) mass is 236 g/mol. The van der Waals surface area contributed by atoms with Crippen molar-refractivity contribution in [3.8, 4) is 0 Å². The van der Waals surface area contributed by atoms with Gasteiger partial charge in [-0.3, -0.25) is 9.59 Å². The Morgan fingerprint density at radius 2 is 2.20 bits per heavy atom. The van der Waals surface area contributed by atoms with E-state index >= 15 is 0 Å². The molecule has 3 N–H and O–H groups in total. The number of likely N-dealkylation sites (tertiary alicyclic amines) is 1. The van der Waals surface area contributed by atoms with E-state index < -0.39 is 12.0 Å². The molecule has 1 aliphatic heterocycles. The Hall–Kier alpha value is -0.810. The van der Waals surface area contributed by atoms with Gasteiger partial charge in [0.1, 0.15) is 0 Å². The van der Waals surface area contributed by atoms with Crippen molar-refractivity contribution in [1.29, 1.82) is 0 Å². The van der Waals surface area contributed by atoms with Crippen molar-refractivity contribution in [2.45, 2.75) is 31.7 Å². The molecule has 0 saturated carbocycles. The molecule has 0 aliphatic carbocycles. The third-order valence-electron chi connectivity index (χ3n) is 2.42. The molecule has 1 heterocycles. The number of hydrogen-bond donors (Lipinski definition) is 2. The number of rotatable bonds is 3. The molecular weight excluding hydrogens is 220 g/mol. The van der Waals surface area contributed by atoms with Gasteiger partial charge in [0, 0.05) is 13.1 Å². The van der Waals surface area contributed by atoms with E-state index in [1.54, 1.807) is 4.90 Å². The maximum absolute atomic E-state index is 11.6. The zero-order valence-electron chi connectivity index (χ0n) is 8.52. The molecule has 1 rings (SSSR count). The first-order valence-corrected chi connectivity index (χ1v) is 4.87. The van der Waals surface area contributed by atoms with Crippen molar-refractivity contribution < 1.29 is 14.7 Å². The topological polar surface area (TPSA) is 83.6 Å². The van der Waals surface area contributed by atoms with Crippen LogP contribution in [0.2, 0.25) is 0 Å². The summed E-state index contributed by atoms with van der Waals surface area (Å²) in [6.07, 6.45) is 2.57. The van der Waals surface area contributed by atoms with Crippen molar-refractivity contribution >= 4 is 24.3 Å². The summed E-state index contributed by atoms with van der Waals surface area (Å²) in [6, 6.07) is -0.439. The lowest BCUT2D eigenvalue weighted by molar-refractivity contribution is -0.138. The standard InChI is InChI=1S/C9H16N2O3.ClH/c10-7-3-1-2-5-11(9(7)14)6-4-8(12)13;/h7H,1-6,10H2,(H,12,13);1H/t7-;/m0./s1. The average Bonchev–Trinajstić information content (AvgIpc) is 2.28. The van der Waals surface area contributed by atoms with E-state index in [-0.39, 0.29) is 31.3 Å². The van der Waals surface area contributed by atoms with Gasteiger partial charge in [-0.1, -0.05) is 0 Å². The first-order valence-electron chi connectivity index (χ1n) is 4.87. The van der Waals surface area contributed by atoms with Gasteiger partial charge in [0.2, 0.25) is 5.91 Å². The molecule has 0 bridgehead atoms. The number of nitrogens with zero attached hydrogens (tertiary/aromatic N) is 1. The van der Waals surface area contributed by atoms with Gasteiger partial charge in [-0.05, 0) is 19.3 Å².